The van der Waals surface area contributed by atoms with Gasteiger partial charge in [-0.2, -0.15) is 0 Å². The van der Waals surface area contributed by atoms with Crippen LogP contribution in [0.3, 0.4) is 0 Å². The van der Waals surface area contributed by atoms with E-state index in [2.05, 4.69) is 46.9 Å². The number of rotatable bonds is 0. The molecule has 0 fully saturated rings. The van der Waals surface area contributed by atoms with Crippen molar-refractivity contribution in [1.82, 2.24) is 5.32 Å². The standard InChI is InChI=1S/C8H19N.Cu/c1-7(2,3)9-8(4,5)6;/h9H,1-6H3;. The van der Waals surface area contributed by atoms with Crippen molar-refractivity contribution in [2.24, 2.45) is 0 Å². The minimum atomic E-state index is 0. The Hall–Kier alpha value is 0.479. The monoisotopic (exact) mass is 192 g/mol. The van der Waals surface area contributed by atoms with Crippen LogP contribution in [-0.2, 0) is 17.1 Å². The van der Waals surface area contributed by atoms with E-state index >= 15 is 0 Å². The molecule has 0 saturated carbocycles. The smallest absolute Gasteiger partial charge is 0.0101 e. The molecule has 0 amide bonds. The molecule has 0 aliphatic rings. The summed E-state index contributed by atoms with van der Waals surface area (Å²) in [5.74, 6) is 0. The van der Waals surface area contributed by atoms with Crippen LogP contribution in [-0.4, -0.2) is 11.1 Å². The van der Waals surface area contributed by atoms with Crippen LogP contribution in [0.25, 0.3) is 0 Å². The second-order valence-corrected chi connectivity index (χ2v) is 4.62. The first kappa shape index (κ1) is 13.1. The van der Waals surface area contributed by atoms with Crippen LogP contribution in [0.15, 0.2) is 0 Å². The van der Waals surface area contributed by atoms with Gasteiger partial charge >= 0.3 is 0 Å². The molecule has 0 unspecified atom stereocenters. The molecule has 1 N–H and O–H groups in total. The van der Waals surface area contributed by atoms with Gasteiger partial charge in [0.25, 0.3) is 0 Å². The Labute approximate surface area is 75.4 Å². The summed E-state index contributed by atoms with van der Waals surface area (Å²) in [5.41, 5.74) is 0.469. The third-order valence-corrected chi connectivity index (χ3v) is 0.750. The van der Waals surface area contributed by atoms with Gasteiger partial charge in [0, 0.05) is 28.1 Å². The van der Waals surface area contributed by atoms with Gasteiger partial charge in [-0.1, -0.05) is 0 Å². The molecule has 0 aliphatic heterocycles. The molecule has 2 heteroatoms. The Kier molecular flexibility index (Phi) is 4.91. The van der Waals surface area contributed by atoms with Crippen molar-refractivity contribution in [1.29, 1.82) is 0 Å². The van der Waals surface area contributed by atoms with Gasteiger partial charge in [-0.3, -0.25) is 0 Å². The maximum atomic E-state index is 3.46. The molecule has 0 saturated heterocycles. The summed E-state index contributed by atoms with van der Waals surface area (Å²) in [6.45, 7) is 13.1. The van der Waals surface area contributed by atoms with E-state index in [1.54, 1.807) is 0 Å². The van der Waals surface area contributed by atoms with E-state index in [1.165, 1.54) is 0 Å². The van der Waals surface area contributed by atoms with Gasteiger partial charge in [0.05, 0.1) is 0 Å². The van der Waals surface area contributed by atoms with Crippen molar-refractivity contribution in [2.45, 2.75) is 52.6 Å². The van der Waals surface area contributed by atoms with Crippen LogP contribution in [0.2, 0.25) is 0 Å². The molecular weight excluding hydrogens is 174 g/mol. The number of hydrogen-bond donors (Lipinski definition) is 1. The third kappa shape index (κ3) is 11.3. The van der Waals surface area contributed by atoms with Crippen molar-refractivity contribution in [3.63, 3.8) is 0 Å². The third-order valence-electron chi connectivity index (χ3n) is 0.750. The van der Waals surface area contributed by atoms with Crippen molar-refractivity contribution in [3.8, 4) is 0 Å². The maximum Gasteiger partial charge on any atom is 0.0101 e. The zero-order chi connectivity index (χ0) is 7.71. The summed E-state index contributed by atoms with van der Waals surface area (Å²) < 4.78 is 0. The van der Waals surface area contributed by atoms with Crippen molar-refractivity contribution in [3.05, 3.63) is 0 Å². The van der Waals surface area contributed by atoms with Crippen LogP contribution >= 0.6 is 0 Å². The van der Waals surface area contributed by atoms with E-state index in [1.807, 2.05) is 0 Å². The Morgan fingerprint density at radius 2 is 0.900 bits per heavy atom. The van der Waals surface area contributed by atoms with E-state index in [4.69, 9.17) is 0 Å². The Morgan fingerprint density at radius 1 is 0.700 bits per heavy atom. The molecule has 0 aliphatic carbocycles. The topological polar surface area (TPSA) is 12.0 Å². The molecule has 1 radical (unpaired) electrons. The van der Waals surface area contributed by atoms with Crippen LogP contribution in [0.5, 0.6) is 0 Å². The molecule has 67 valence electrons. The largest absolute Gasteiger partial charge is 0.307 e. The SMILES string of the molecule is CC(C)(C)NC(C)(C)C.[Cu]. The molecule has 0 rings (SSSR count). The fraction of sp³-hybridized carbons (Fsp3) is 1.00. The molecule has 0 bridgehead atoms. The van der Waals surface area contributed by atoms with Crippen LogP contribution < -0.4 is 5.32 Å². The predicted octanol–water partition coefficient (Wildman–Crippen LogP) is 2.17. The van der Waals surface area contributed by atoms with Crippen molar-refractivity contribution >= 4 is 0 Å². The minimum Gasteiger partial charge on any atom is -0.307 e. The normalized spacial score (nSPS) is 12.6. The van der Waals surface area contributed by atoms with E-state index in [0.717, 1.165) is 0 Å². The van der Waals surface area contributed by atoms with Gasteiger partial charge in [0.15, 0.2) is 0 Å². The summed E-state index contributed by atoms with van der Waals surface area (Å²) >= 11 is 0. The molecule has 0 spiro atoms. The Morgan fingerprint density at radius 3 is 0.900 bits per heavy atom. The maximum absolute atomic E-state index is 3.46. The summed E-state index contributed by atoms with van der Waals surface area (Å²) in [6, 6.07) is 0. The van der Waals surface area contributed by atoms with Crippen molar-refractivity contribution in [2.75, 3.05) is 0 Å². The molecule has 0 atom stereocenters. The first-order valence-electron chi connectivity index (χ1n) is 3.50. The molecule has 0 aromatic heterocycles. The summed E-state index contributed by atoms with van der Waals surface area (Å²) in [6.07, 6.45) is 0. The second kappa shape index (κ2) is 3.75. The van der Waals surface area contributed by atoms with Gasteiger partial charge in [-0.15, -0.1) is 0 Å². The van der Waals surface area contributed by atoms with E-state index < -0.39 is 0 Å². The zero-order valence-electron chi connectivity index (χ0n) is 7.80. The Balaban J connectivity index is 0. The fourth-order valence-corrected chi connectivity index (χ4v) is 1.12. The summed E-state index contributed by atoms with van der Waals surface area (Å²) in [5, 5.41) is 3.46. The molecule has 1 nitrogen and oxygen atoms in total. The molecule has 0 heterocycles. The molecular formula is C8H19CuN. The number of nitrogens with one attached hydrogen (secondary N) is 1. The average Bonchev–Trinajstić information content (AvgIpc) is 1.14. The van der Waals surface area contributed by atoms with Gasteiger partial charge in [-0.25, -0.2) is 0 Å². The minimum absolute atomic E-state index is 0. The van der Waals surface area contributed by atoms with Crippen LogP contribution in [0, 0.1) is 0 Å². The summed E-state index contributed by atoms with van der Waals surface area (Å²) in [4.78, 5) is 0. The molecule has 0 aromatic carbocycles. The van der Waals surface area contributed by atoms with Crippen LogP contribution in [0.4, 0.5) is 0 Å². The average molecular weight is 193 g/mol. The van der Waals surface area contributed by atoms with E-state index in [9.17, 15) is 0 Å². The van der Waals surface area contributed by atoms with Gasteiger partial charge in [-0.05, 0) is 41.5 Å². The number of hydrogen-bond acceptors (Lipinski definition) is 1. The van der Waals surface area contributed by atoms with Gasteiger partial charge < -0.3 is 5.32 Å². The molecule has 10 heavy (non-hydrogen) atoms. The first-order chi connectivity index (χ1) is 3.71. The second-order valence-electron chi connectivity index (χ2n) is 4.62. The first-order valence-corrected chi connectivity index (χ1v) is 3.50. The quantitative estimate of drug-likeness (QED) is 0.581. The molecule has 0 aromatic rings. The van der Waals surface area contributed by atoms with Gasteiger partial charge in [0.2, 0.25) is 0 Å². The van der Waals surface area contributed by atoms with Crippen LogP contribution in [0.1, 0.15) is 41.5 Å². The van der Waals surface area contributed by atoms with Gasteiger partial charge in [0.1, 0.15) is 0 Å². The van der Waals surface area contributed by atoms with E-state index in [0.29, 0.717) is 0 Å². The fourth-order valence-electron chi connectivity index (χ4n) is 1.12. The van der Waals surface area contributed by atoms with E-state index in [-0.39, 0.29) is 28.1 Å². The predicted molar refractivity (Wildman–Crippen MR) is 42.6 cm³/mol. The zero-order valence-corrected chi connectivity index (χ0v) is 8.74. The van der Waals surface area contributed by atoms with Crippen molar-refractivity contribution < 1.29 is 17.1 Å². The summed E-state index contributed by atoms with van der Waals surface area (Å²) in [7, 11) is 0. The Bertz CT molecular complexity index is 74.4.